The van der Waals surface area contributed by atoms with Gasteiger partial charge >= 0.3 is 0 Å². The fourth-order valence-corrected chi connectivity index (χ4v) is 3.11. The van der Waals surface area contributed by atoms with Crippen LogP contribution in [-0.4, -0.2) is 51.2 Å². The van der Waals surface area contributed by atoms with Crippen LogP contribution in [0.5, 0.6) is 11.5 Å². The van der Waals surface area contributed by atoms with Crippen molar-refractivity contribution in [1.82, 2.24) is 10.2 Å². The predicted octanol–water partition coefficient (Wildman–Crippen LogP) is 3.98. The average Bonchev–Trinajstić information content (AvgIpc) is 2.78. The second-order valence-electron chi connectivity index (χ2n) is 6.69. The Bertz CT molecular complexity index is 729. The summed E-state index contributed by atoms with van der Waals surface area (Å²) in [4.78, 5) is 14.9. The zero-order valence-electron chi connectivity index (χ0n) is 17.9. The Labute approximate surface area is 174 Å². The number of nitrogens with one attached hydrogen (secondary N) is 1. The summed E-state index contributed by atoms with van der Waals surface area (Å²) in [5.41, 5.74) is 2.76. The lowest BCUT2D eigenvalue weighted by molar-refractivity contribution is -0.116. The number of rotatable bonds is 11. The maximum atomic E-state index is 12.6. The molecule has 156 valence electrons. The highest BCUT2D eigenvalue weighted by atomic mass is 16.5. The van der Waals surface area contributed by atoms with E-state index in [1.807, 2.05) is 48.5 Å². The van der Waals surface area contributed by atoms with E-state index >= 15 is 0 Å². The lowest BCUT2D eigenvalue weighted by atomic mass is 9.97. The molecule has 0 saturated heterocycles. The molecule has 0 spiro atoms. The normalized spacial score (nSPS) is 10.5. The number of ether oxygens (including phenoxy) is 2. The molecule has 2 rings (SSSR count). The summed E-state index contributed by atoms with van der Waals surface area (Å²) in [5.74, 6) is 1.47. The van der Waals surface area contributed by atoms with E-state index in [1.54, 1.807) is 20.3 Å². The molecule has 0 aliphatic heterocycles. The molecule has 0 heterocycles. The van der Waals surface area contributed by atoms with Gasteiger partial charge in [-0.25, -0.2) is 0 Å². The molecule has 0 unspecified atom stereocenters. The lowest BCUT2D eigenvalue weighted by Gasteiger charge is -2.17. The first-order valence-electron chi connectivity index (χ1n) is 10.1. The van der Waals surface area contributed by atoms with Gasteiger partial charge < -0.3 is 19.7 Å². The minimum atomic E-state index is -0.0915. The van der Waals surface area contributed by atoms with Crippen LogP contribution in [0.25, 0.3) is 5.57 Å². The number of benzene rings is 2. The quantitative estimate of drug-likeness (QED) is 0.461. The molecule has 0 aromatic heterocycles. The number of nitrogens with zero attached hydrogens (tertiary/aromatic N) is 1. The van der Waals surface area contributed by atoms with Gasteiger partial charge in [0.25, 0.3) is 0 Å². The summed E-state index contributed by atoms with van der Waals surface area (Å²) < 4.78 is 10.5. The number of methoxy groups -OCH3 is 2. The van der Waals surface area contributed by atoms with Crippen LogP contribution in [-0.2, 0) is 4.79 Å². The first-order chi connectivity index (χ1) is 14.1. The van der Waals surface area contributed by atoms with Crippen LogP contribution in [0.4, 0.5) is 0 Å². The number of carbonyl (C=O) groups excluding carboxylic acids is 1. The van der Waals surface area contributed by atoms with E-state index < -0.39 is 0 Å². The molecule has 0 fully saturated rings. The number of hydrogen-bond donors (Lipinski definition) is 1. The summed E-state index contributed by atoms with van der Waals surface area (Å²) >= 11 is 0. The van der Waals surface area contributed by atoms with E-state index in [1.165, 1.54) is 0 Å². The standard InChI is InChI=1S/C24H32N2O3/c1-5-26(6-2)17-7-16-25-24(27)18-23(19-8-12-21(28-3)13-9-19)20-10-14-22(29-4)15-11-20/h8-15,18H,5-7,16-17H2,1-4H3,(H,25,27). The third kappa shape index (κ3) is 6.95. The Morgan fingerprint density at radius 2 is 1.38 bits per heavy atom. The maximum absolute atomic E-state index is 12.6. The van der Waals surface area contributed by atoms with Gasteiger partial charge in [0.15, 0.2) is 0 Å². The van der Waals surface area contributed by atoms with Crippen molar-refractivity contribution in [2.24, 2.45) is 0 Å². The van der Waals surface area contributed by atoms with Crippen molar-refractivity contribution in [1.29, 1.82) is 0 Å². The van der Waals surface area contributed by atoms with Gasteiger partial charge in [-0.05, 0) is 67.0 Å². The summed E-state index contributed by atoms with van der Waals surface area (Å²) in [7, 11) is 3.28. The fourth-order valence-electron chi connectivity index (χ4n) is 3.11. The molecule has 5 heteroatoms. The van der Waals surface area contributed by atoms with Crippen LogP contribution in [0.3, 0.4) is 0 Å². The Morgan fingerprint density at radius 3 is 1.79 bits per heavy atom. The van der Waals surface area contributed by atoms with Crippen molar-refractivity contribution < 1.29 is 14.3 Å². The smallest absolute Gasteiger partial charge is 0.244 e. The fraction of sp³-hybridized carbons (Fsp3) is 0.375. The second kappa shape index (κ2) is 11.9. The zero-order valence-corrected chi connectivity index (χ0v) is 17.9. The first-order valence-corrected chi connectivity index (χ1v) is 10.1. The molecule has 1 N–H and O–H groups in total. The van der Waals surface area contributed by atoms with E-state index in [-0.39, 0.29) is 5.91 Å². The third-order valence-corrected chi connectivity index (χ3v) is 4.92. The van der Waals surface area contributed by atoms with Crippen LogP contribution in [0.2, 0.25) is 0 Å². The van der Waals surface area contributed by atoms with Crippen LogP contribution < -0.4 is 14.8 Å². The highest BCUT2D eigenvalue weighted by Crippen LogP contribution is 2.26. The second-order valence-corrected chi connectivity index (χ2v) is 6.69. The Balaban J connectivity index is 2.15. The number of amides is 1. The molecule has 1 amide bonds. The topological polar surface area (TPSA) is 50.8 Å². The molecule has 29 heavy (non-hydrogen) atoms. The molecule has 0 saturated carbocycles. The Morgan fingerprint density at radius 1 is 0.897 bits per heavy atom. The maximum Gasteiger partial charge on any atom is 0.244 e. The minimum Gasteiger partial charge on any atom is -0.497 e. The van der Waals surface area contributed by atoms with Gasteiger partial charge in [-0.3, -0.25) is 4.79 Å². The average molecular weight is 397 g/mol. The van der Waals surface area contributed by atoms with E-state index in [0.29, 0.717) is 6.54 Å². The molecule has 0 bridgehead atoms. The molecule has 0 atom stereocenters. The SMILES string of the molecule is CCN(CC)CCCNC(=O)C=C(c1ccc(OC)cc1)c1ccc(OC)cc1. The molecule has 2 aromatic rings. The van der Waals surface area contributed by atoms with Crippen LogP contribution in [0, 0.1) is 0 Å². The van der Waals surface area contributed by atoms with Crippen molar-refractivity contribution in [2.45, 2.75) is 20.3 Å². The third-order valence-electron chi connectivity index (χ3n) is 4.92. The van der Waals surface area contributed by atoms with Crippen molar-refractivity contribution in [3.63, 3.8) is 0 Å². The summed E-state index contributed by atoms with van der Waals surface area (Å²) in [6, 6.07) is 15.4. The van der Waals surface area contributed by atoms with Gasteiger partial charge in [-0.1, -0.05) is 38.1 Å². The van der Waals surface area contributed by atoms with Crippen LogP contribution >= 0.6 is 0 Å². The summed E-state index contributed by atoms with van der Waals surface area (Å²) in [5, 5.41) is 3.01. The van der Waals surface area contributed by atoms with Crippen LogP contribution in [0.1, 0.15) is 31.4 Å². The van der Waals surface area contributed by atoms with E-state index in [2.05, 4.69) is 24.1 Å². The van der Waals surface area contributed by atoms with Crippen LogP contribution in [0.15, 0.2) is 54.6 Å². The van der Waals surface area contributed by atoms with E-state index in [9.17, 15) is 4.79 Å². The van der Waals surface area contributed by atoms with Crippen molar-refractivity contribution in [3.05, 3.63) is 65.7 Å². The molecule has 0 radical (unpaired) electrons. The monoisotopic (exact) mass is 396 g/mol. The molecule has 2 aromatic carbocycles. The Hall–Kier alpha value is -2.79. The van der Waals surface area contributed by atoms with Crippen molar-refractivity contribution >= 4 is 11.5 Å². The highest BCUT2D eigenvalue weighted by molar-refractivity contribution is 5.99. The summed E-state index contributed by atoms with van der Waals surface area (Å²) in [6.07, 6.45) is 2.60. The van der Waals surface area contributed by atoms with Gasteiger partial charge in [0.1, 0.15) is 11.5 Å². The molecular weight excluding hydrogens is 364 g/mol. The van der Waals surface area contributed by atoms with Gasteiger partial charge in [0, 0.05) is 12.6 Å². The van der Waals surface area contributed by atoms with Gasteiger partial charge in [-0.15, -0.1) is 0 Å². The van der Waals surface area contributed by atoms with Gasteiger partial charge in [0.05, 0.1) is 14.2 Å². The number of carbonyl (C=O) groups is 1. The van der Waals surface area contributed by atoms with Gasteiger partial charge in [-0.2, -0.15) is 0 Å². The van der Waals surface area contributed by atoms with Crippen molar-refractivity contribution in [2.75, 3.05) is 40.4 Å². The lowest BCUT2D eigenvalue weighted by Crippen LogP contribution is -2.29. The molecule has 0 aliphatic carbocycles. The number of hydrogen-bond acceptors (Lipinski definition) is 4. The molecule has 5 nitrogen and oxygen atoms in total. The Kier molecular flexibility index (Phi) is 9.25. The molecule has 0 aliphatic rings. The zero-order chi connectivity index (χ0) is 21.1. The van der Waals surface area contributed by atoms with E-state index in [0.717, 1.165) is 54.3 Å². The predicted molar refractivity (Wildman–Crippen MR) is 118 cm³/mol. The summed E-state index contributed by atoms with van der Waals surface area (Å²) in [6.45, 7) is 8.01. The first kappa shape index (κ1) is 22.5. The van der Waals surface area contributed by atoms with Gasteiger partial charge in [0.2, 0.25) is 5.91 Å². The van der Waals surface area contributed by atoms with E-state index in [4.69, 9.17) is 9.47 Å². The van der Waals surface area contributed by atoms with Crippen molar-refractivity contribution in [3.8, 4) is 11.5 Å². The largest absolute Gasteiger partial charge is 0.497 e. The minimum absolute atomic E-state index is 0.0915. The molecular formula is C24H32N2O3. The highest BCUT2D eigenvalue weighted by Gasteiger charge is 2.09.